The Bertz CT molecular complexity index is 446. The average Bonchev–Trinajstić information content (AvgIpc) is 2.82. The van der Waals surface area contributed by atoms with E-state index in [1.54, 1.807) is 11.3 Å². The van der Waals surface area contributed by atoms with E-state index in [4.69, 9.17) is 0 Å². The van der Waals surface area contributed by atoms with Gasteiger partial charge in [0.15, 0.2) is 0 Å². The Hall–Kier alpha value is -1.00. The lowest BCUT2D eigenvalue weighted by atomic mass is 9.99. The molecule has 1 aliphatic heterocycles. The van der Waals surface area contributed by atoms with Crippen LogP contribution in [0.4, 0.5) is 0 Å². The Morgan fingerprint density at radius 1 is 1.47 bits per heavy atom. The highest BCUT2D eigenvalue weighted by atomic mass is 32.1. The van der Waals surface area contributed by atoms with E-state index in [2.05, 4.69) is 22.2 Å². The van der Waals surface area contributed by atoms with E-state index in [9.17, 15) is 0 Å². The van der Waals surface area contributed by atoms with Gasteiger partial charge in [-0.1, -0.05) is 18.3 Å². The molecule has 2 aromatic heterocycles. The van der Waals surface area contributed by atoms with Crippen LogP contribution in [0.15, 0.2) is 18.3 Å². The van der Waals surface area contributed by atoms with Gasteiger partial charge in [0.25, 0.3) is 0 Å². The topological polar surface area (TPSA) is 37.8 Å². The van der Waals surface area contributed by atoms with E-state index in [1.165, 1.54) is 5.01 Å². The summed E-state index contributed by atoms with van der Waals surface area (Å²) in [5.74, 6) is 1.26. The van der Waals surface area contributed by atoms with Gasteiger partial charge in [0.2, 0.25) is 0 Å². The minimum atomic E-state index is 0.573. The molecule has 1 N–H and O–H groups in total. The first-order valence-corrected chi connectivity index (χ1v) is 6.08. The molecule has 3 rings (SSSR count). The number of pyridine rings is 1. The normalized spacial score (nSPS) is 26.2. The van der Waals surface area contributed by atoms with Crippen molar-refractivity contribution in [1.82, 2.24) is 15.3 Å². The van der Waals surface area contributed by atoms with Crippen LogP contribution in [0, 0.1) is 5.92 Å². The Kier molecular flexibility index (Phi) is 2.18. The van der Waals surface area contributed by atoms with Crippen LogP contribution in [0.3, 0.4) is 0 Å². The average molecular weight is 219 g/mol. The number of nitrogens with one attached hydrogen (secondary N) is 1. The highest BCUT2D eigenvalue weighted by Crippen LogP contribution is 2.32. The van der Waals surface area contributed by atoms with Gasteiger partial charge in [0.1, 0.15) is 15.4 Å². The van der Waals surface area contributed by atoms with Crippen LogP contribution in [0.5, 0.6) is 0 Å². The molecule has 0 amide bonds. The largest absolute Gasteiger partial charge is 0.316 e. The van der Waals surface area contributed by atoms with Crippen LogP contribution in [0.25, 0.3) is 10.3 Å². The second kappa shape index (κ2) is 3.54. The lowest BCUT2D eigenvalue weighted by Crippen LogP contribution is -2.07. The van der Waals surface area contributed by atoms with E-state index < -0.39 is 0 Å². The summed E-state index contributed by atoms with van der Waals surface area (Å²) >= 11 is 1.74. The lowest BCUT2D eigenvalue weighted by molar-refractivity contribution is 0.570. The summed E-state index contributed by atoms with van der Waals surface area (Å²) in [6.07, 6.45) is 1.83. The monoisotopic (exact) mass is 219 g/mol. The van der Waals surface area contributed by atoms with Crippen molar-refractivity contribution < 1.29 is 0 Å². The van der Waals surface area contributed by atoms with Crippen LogP contribution in [0.1, 0.15) is 17.8 Å². The van der Waals surface area contributed by atoms with Crippen molar-refractivity contribution in [2.75, 3.05) is 13.1 Å². The Morgan fingerprint density at radius 3 is 3.13 bits per heavy atom. The molecule has 0 radical (unpaired) electrons. The summed E-state index contributed by atoms with van der Waals surface area (Å²) in [6.45, 7) is 4.44. The van der Waals surface area contributed by atoms with Gasteiger partial charge in [-0.05, 0) is 24.6 Å². The number of nitrogens with zero attached hydrogens (tertiary/aromatic N) is 2. The predicted molar refractivity (Wildman–Crippen MR) is 62.2 cm³/mol. The molecule has 1 fully saturated rings. The smallest absolute Gasteiger partial charge is 0.143 e. The third kappa shape index (κ3) is 1.54. The zero-order valence-electron chi connectivity index (χ0n) is 8.60. The number of rotatable bonds is 1. The zero-order valence-corrected chi connectivity index (χ0v) is 9.42. The molecule has 2 atom stereocenters. The van der Waals surface area contributed by atoms with Gasteiger partial charge in [-0.2, -0.15) is 0 Å². The fourth-order valence-corrected chi connectivity index (χ4v) is 3.23. The molecule has 3 heterocycles. The SMILES string of the molecule is CC1CNCC1c1nc2cccnc2s1. The summed E-state index contributed by atoms with van der Waals surface area (Å²) in [7, 11) is 0. The van der Waals surface area contributed by atoms with Crippen molar-refractivity contribution in [3.63, 3.8) is 0 Å². The second-order valence-corrected chi connectivity index (χ2v) is 5.13. The first kappa shape index (κ1) is 9.24. The van der Waals surface area contributed by atoms with E-state index >= 15 is 0 Å². The maximum absolute atomic E-state index is 4.66. The summed E-state index contributed by atoms with van der Waals surface area (Å²) < 4.78 is 0. The Morgan fingerprint density at radius 2 is 2.40 bits per heavy atom. The summed E-state index contributed by atoms with van der Waals surface area (Å²) in [4.78, 5) is 10.1. The highest BCUT2D eigenvalue weighted by Gasteiger charge is 2.27. The molecule has 78 valence electrons. The van der Waals surface area contributed by atoms with Gasteiger partial charge >= 0.3 is 0 Å². The first-order chi connectivity index (χ1) is 7.34. The van der Waals surface area contributed by atoms with Gasteiger partial charge in [0.05, 0.1) is 0 Å². The van der Waals surface area contributed by atoms with Crippen LogP contribution >= 0.6 is 11.3 Å². The standard InChI is InChI=1S/C11H13N3S/c1-7-5-12-6-8(7)10-14-9-3-2-4-13-11(9)15-10/h2-4,7-8,12H,5-6H2,1H3. The molecule has 2 aromatic rings. The highest BCUT2D eigenvalue weighted by molar-refractivity contribution is 7.18. The van der Waals surface area contributed by atoms with E-state index in [0.29, 0.717) is 11.8 Å². The van der Waals surface area contributed by atoms with Crippen LogP contribution in [-0.4, -0.2) is 23.1 Å². The quantitative estimate of drug-likeness (QED) is 0.797. The lowest BCUT2D eigenvalue weighted by Gasteiger charge is -2.09. The molecular weight excluding hydrogens is 206 g/mol. The van der Waals surface area contributed by atoms with E-state index in [1.807, 2.05) is 18.3 Å². The van der Waals surface area contributed by atoms with Crippen molar-refractivity contribution in [1.29, 1.82) is 0 Å². The second-order valence-electron chi connectivity index (χ2n) is 4.12. The van der Waals surface area contributed by atoms with Crippen molar-refractivity contribution in [3.05, 3.63) is 23.3 Å². The fraction of sp³-hybridized carbons (Fsp3) is 0.455. The van der Waals surface area contributed by atoms with Crippen molar-refractivity contribution in [2.24, 2.45) is 5.92 Å². The summed E-state index contributed by atoms with van der Waals surface area (Å²) in [6, 6.07) is 3.98. The molecule has 4 heteroatoms. The number of aromatic nitrogens is 2. The van der Waals surface area contributed by atoms with Crippen molar-refractivity contribution in [2.45, 2.75) is 12.8 Å². The summed E-state index contributed by atoms with van der Waals surface area (Å²) in [5, 5.41) is 4.65. The number of hydrogen-bond acceptors (Lipinski definition) is 4. The molecule has 2 unspecified atom stereocenters. The maximum Gasteiger partial charge on any atom is 0.143 e. The number of fused-ring (bicyclic) bond motifs is 1. The first-order valence-electron chi connectivity index (χ1n) is 5.27. The van der Waals surface area contributed by atoms with E-state index in [-0.39, 0.29) is 0 Å². The third-order valence-corrected chi connectivity index (χ3v) is 4.13. The van der Waals surface area contributed by atoms with Gasteiger partial charge in [0, 0.05) is 18.7 Å². The molecule has 0 bridgehead atoms. The molecule has 3 nitrogen and oxygen atoms in total. The molecule has 0 aliphatic carbocycles. The van der Waals surface area contributed by atoms with Gasteiger partial charge in [-0.25, -0.2) is 9.97 Å². The molecule has 15 heavy (non-hydrogen) atoms. The van der Waals surface area contributed by atoms with Crippen molar-refractivity contribution in [3.8, 4) is 0 Å². The summed E-state index contributed by atoms with van der Waals surface area (Å²) in [5.41, 5.74) is 1.04. The van der Waals surface area contributed by atoms with Gasteiger partial charge in [-0.15, -0.1) is 0 Å². The predicted octanol–water partition coefficient (Wildman–Crippen LogP) is 2.01. The van der Waals surface area contributed by atoms with Crippen LogP contribution in [-0.2, 0) is 0 Å². The number of hydrogen-bond donors (Lipinski definition) is 1. The molecule has 1 aliphatic rings. The molecule has 0 saturated carbocycles. The zero-order chi connectivity index (χ0) is 10.3. The minimum absolute atomic E-state index is 0.573. The van der Waals surface area contributed by atoms with Crippen molar-refractivity contribution >= 4 is 21.7 Å². The molecule has 0 aromatic carbocycles. The van der Waals surface area contributed by atoms with Gasteiger partial charge in [-0.3, -0.25) is 0 Å². The Labute approximate surface area is 92.6 Å². The van der Waals surface area contributed by atoms with Crippen LogP contribution < -0.4 is 5.32 Å². The number of thiazole rings is 1. The van der Waals surface area contributed by atoms with Gasteiger partial charge < -0.3 is 5.32 Å². The minimum Gasteiger partial charge on any atom is -0.316 e. The molecule has 0 spiro atoms. The molecule has 1 saturated heterocycles. The fourth-order valence-electron chi connectivity index (χ4n) is 2.09. The third-order valence-electron chi connectivity index (χ3n) is 3.02. The van der Waals surface area contributed by atoms with Crippen LogP contribution in [0.2, 0.25) is 0 Å². The van der Waals surface area contributed by atoms with E-state index in [0.717, 1.165) is 23.4 Å². The maximum atomic E-state index is 4.66. The molecular formula is C11H13N3S. The Balaban J connectivity index is 2.04.